The van der Waals surface area contributed by atoms with Crippen molar-refractivity contribution in [2.45, 2.75) is 57.9 Å². The predicted octanol–water partition coefficient (Wildman–Crippen LogP) is 3.81. The molecule has 2 rings (SSSR count). The molecule has 0 aromatic heterocycles. The molecule has 1 saturated carbocycles. The van der Waals surface area contributed by atoms with Crippen LogP contribution in [0.15, 0.2) is 23.8 Å². The minimum atomic E-state index is 0.503. The van der Waals surface area contributed by atoms with Gasteiger partial charge in [-0.2, -0.15) is 0 Å². The average molecular weight is 219 g/mol. The van der Waals surface area contributed by atoms with Crippen LogP contribution in [0.2, 0.25) is 0 Å². The Hall–Kier alpha value is -0.560. The van der Waals surface area contributed by atoms with Gasteiger partial charge in [0.2, 0.25) is 0 Å². The van der Waals surface area contributed by atoms with E-state index in [-0.39, 0.29) is 0 Å². The number of hydrogen-bond donors (Lipinski definition) is 1. The molecule has 0 amide bonds. The highest BCUT2D eigenvalue weighted by molar-refractivity contribution is 5.17. The molecule has 0 spiro atoms. The quantitative estimate of drug-likeness (QED) is 0.764. The maximum absolute atomic E-state index is 6.10. The van der Waals surface area contributed by atoms with Crippen LogP contribution in [0, 0.1) is 11.8 Å². The average Bonchev–Trinajstić information content (AvgIpc) is 2.65. The van der Waals surface area contributed by atoms with Crippen molar-refractivity contribution in [3.63, 3.8) is 0 Å². The van der Waals surface area contributed by atoms with E-state index in [1.165, 1.54) is 50.5 Å². The largest absolute Gasteiger partial charge is 0.327 e. The number of hydrogen-bond acceptors (Lipinski definition) is 1. The van der Waals surface area contributed by atoms with Crippen LogP contribution in [0.4, 0.5) is 0 Å². The van der Waals surface area contributed by atoms with Crippen LogP contribution in [-0.2, 0) is 0 Å². The third kappa shape index (κ3) is 3.21. The zero-order valence-corrected chi connectivity index (χ0v) is 10.5. The van der Waals surface area contributed by atoms with Crippen LogP contribution in [0.5, 0.6) is 0 Å². The first kappa shape index (κ1) is 11.9. The summed E-state index contributed by atoms with van der Waals surface area (Å²) in [5.41, 5.74) is 7.63. The Kier molecular flexibility index (Phi) is 4.22. The maximum atomic E-state index is 6.10. The van der Waals surface area contributed by atoms with Crippen molar-refractivity contribution in [3.8, 4) is 0 Å². The first-order valence-electron chi connectivity index (χ1n) is 6.85. The molecule has 0 aliphatic heterocycles. The lowest BCUT2D eigenvalue weighted by atomic mass is 9.88. The topological polar surface area (TPSA) is 26.0 Å². The fraction of sp³-hybridized carbons (Fsp3) is 0.733. The second-order valence-electron chi connectivity index (χ2n) is 5.65. The van der Waals surface area contributed by atoms with Gasteiger partial charge in [-0.25, -0.2) is 0 Å². The molecule has 0 heterocycles. The lowest BCUT2D eigenvalue weighted by Crippen LogP contribution is -2.24. The third-order valence-corrected chi connectivity index (χ3v) is 4.22. The summed E-state index contributed by atoms with van der Waals surface area (Å²) in [6, 6.07) is 0.503. The van der Waals surface area contributed by atoms with Crippen LogP contribution < -0.4 is 5.73 Å². The summed E-state index contributed by atoms with van der Waals surface area (Å²) in [5.74, 6) is 1.62. The van der Waals surface area contributed by atoms with E-state index in [0.29, 0.717) is 6.04 Å². The van der Waals surface area contributed by atoms with E-state index in [0.717, 1.165) is 11.8 Å². The Bertz CT molecular complexity index is 277. The van der Waals surface area contributed by atoms with Crippen LogP contribution in [-0.4, -0.2) is 6.04 Å². The van der Waals surface area contributed by atoms with Gasteiger partial charge >= 0.3 is 0 Å². The molecule has 0 aromatic rings. The van der Waals surface area contributed by atoms with Crippen molar-refractivity contribution in [3.05, 3.63) is 23.8 Å². The van der Waals surface area contributed by atoms with Gasteiger partial charge in [0.1, 0.15) is 0 Å². The van der Waals surface area contributed by atoms with Crippen molar-refractivity contribution in [1.82, 2.24) is 0 Å². The molecule has 3 atom stereocenters. The van der Waals surface area contributed by atoms with Gasteiger partial charge in [0.15, 0.2) is 0 Å². The van der Waals surface area contributed by atoms with Crippen LogP contribution in [0.1, 0.15) is 51.9 Å². The zero-order valence-electron chi connectivity index (χ0n) is 10.5. The van der Waals surface area contributed by atoms with Gasteiger partial charge in [0, 0.05) is 6.04 Å². The standard InChI is InChI=1S/C15H25N/c1-12-5-2-6-13(11-12)7-3-8-14-9-4-10-15(14)16/h2,5-6,13-15H,3-4,7-11,16H2,1H3. The Morgan fingerprint density at radius 3 is 2.88 bits per heavy atom. The molecule has 0 bridgehead atoms. The number of nitrogens with two attached hydrogens (primary N) is 1. The Morgan fingerprint density at radius 2 is 2.19 bits per heavy atom. The summed E-state index contributed by atoms with van der Waals surface area (Å²) >= 11 is 0. The molecule has 2 aliphatic carbocycles. The highest BCUT2D eigenvalue weighted by atomic mass is 14.7. The molecular weight excluding hydrogens is 194 g/mol. The fourth-order valence-corrected chi connectivity index (χ4v) is 3.19. The second kappa shape index (κ2) is 5.67. The molecule has 2 N–H and O–H groups in total. The van der Waals surface area contributed by atoms with E-state index in [1.54, 1.807) is 0 Å². The molecule has 0 aromatic carbocycles. The molecule has 0 saturated heterocycles. The van der Waals surface area contributed by atoms with Gasteiger partial charge in [-0.1, -0.05) is 36.6 Å². The summed E-state index contributed by atoms with van der Waals surface area (Å²) < 4.78 is 0. The van der Waals surface area contributed by atoms with E-state index in [2.05, 4.69) is 25.2 Å². The summed E-state index contributed by atoms with van der Waals surface area (Å²) in [7, 11) is 0. The van der Waals surface area contributed by atoms with Crippen molar-refractivity contribution in [2.24, 2.45) is 17.6 Å². The first-order valence-corrected chi connectivity index (χ1v) is 6.85. The van der Waals surface area contributed by atoms with Gasteiger partial charge in [-0.05, 0) is 50.9 Å². The van der Waals surface area contributed by atoms with Crippen LogP contribution in [0.3, 0.4) is 0 Å². The predicted molar refractivity (Wildman–Crippen MR) is 70.2 cm³/mol. The molecule has 1 nitrogen and oxygen atoms in total. The summed E-state index contributed by atoms with van der Waals surface area (Å²) in [5, 5.41) is 0. The van der Waals surface area contributed by atoms with E-state index in [1.807, 2.05) is 0 Å². The van der Waals surface area contributed by atoms with Crippen LogP contribution in [0.25, 0.3) is 0 Å². The zero-order chi connectivity index (χ0) is 11.4. The van der Waals surface area contributed by atoms with E-state index in [4.69, 9.17) is 5.73 Å². The second-order valence-corrected chi connectivity index (χ2v) is 5.65. The molecule has 90 valence electrons. The fourth-order valence-electron chi connectivity index (χ4n) is 3.19. The Labute approximate surface area is 99.8 Å². The SMILES string of the molecule is CC1=CC=CC(CCCC2CCCC2N)C1. The minimum absolute atomic E-state index is 0.503. The molecule has 0 radical (unpaired) electrons. The van der Waals surface area contributed by atoms with E-state index >= 15 is 0 Å². The van der Waals surface area contributed by atoms with E-state index < -0.39 is 0 Å². The molecule has 16 heavy (non-hydrogen) atoms. The summed E-state index contributed by atoms with van der Waals surface area (Å²) in [6.07, 6.45) is 16.2. The molecular formula is C15H25N. The molecule has 2 aliphatic rings. The molecule has 1 fully saturated rings. The first-order chi connectivity index (χ1) is 7.75. The van der Waals surface area contributed by atoms with Gasteiger partial charge in [0.25, 0.3) is 0 Å². The monoisotopic (exact) mass is 219 g/mol. The van der Waals surface area contributed by atoms with Crippen molar-refractivity contribution in [2.75, 3.05) is 0 Å². The van der Waals surface area contributed by atoms with Gasteiger partial charge in [0.05, 0.1) is 0 Å². The maximum Gasteiger partial charge on any atom is 0.00671 e. The normalized spacial score (nSPS) is 34.1. The minimum Gasteiger partial charge on any atom is -0.327 e. The number of allylic oxidation sites excluding steroid dienone is 4. The highest BCUT2D eigenvalue weighted by Gasteiger charge is 2.23. The Morgan fingerprint density at radius 1 is 1.31 bits per heavy atom. The summed E-state index contributed by atoms with van der Waals surface area (Å²) in [4.78, 5) is 0. The van der Waals surface area contributed by atoms with Crippen LogP contribution >= 0.6 is 0 Å². The van der Waals surface area contributed by atoms with Gasteiger partial charge < -0.3 is 5.73 Å². The van der Waals surface area contributed by atoms with Crippen molar-refractivity contribution < 1.29 is 0 Å². The Balaban J connectivity index is 1.65. The lowest BCUT2D eigenvalue weighted by molar-refractivity contribution is 0.407. The van der Waals surface area contributed by atoms with Crippen molar-refractivity contribution in [1.29, 1.82) is 0 Å². The molecule has 1 heteroatoms. The smallest absolute Gasteiger partial charge is 0.00671 e. The highest BCUT2D eigenvalue weighted by Crippen LogP contribution is 2.30. The number of rotatable bonds is 4. The summed E-state index contributed by atoms with van der Waals surface area (Å²) in [6.45, 7) is 2.24. The lowest BCUT2D eigenvalue weighted by Gasteiger charge is -2.19. The van der Waals surface area contributed by atoms with Gasteiger partial charge in [-0.15, -0.1) is 0 Å². The van der Waals surface area contributed by atoms with E-state index in [9.17, 15) is 0 Å². The van der Waals surface area contributed by atoms with Crippen molar-refractivity contribution >= 4 is 0 Å². The third-order valence-electron chi connectivity index (χ3n) is 4.22. The molecule has 3 unspecified atom stereocenters. The van der Waals surface area contributed by atoms with Gasteiger partial charge in [-0.3, -0.25) is 0 Å².